The van der Waals surface area contributed by atoms with Crippen LogP contribution in [0.1, 0.15) is 132 Å². The largest absolute Gasteiger partial charge is 0.103 e. The molecule has 0 unspecified atom stereocenters. The van der Waals surface area contributed by atoms with Gasteiger partial charge in [0.25, 0.3) is 0 Å². The second-order valence-corrected chi connectivity index (χ2v) is 9.50. The molecule has 0 heteroatoms. The van der Waals surface area contributed by atoms with Gasteiger partial charge in [0.05, 0.1) is 0 Å². The minimum Gasteiger partial charge on any atom is -0.103 e. The highest BCUT2D eigenvalue weighted by atomic mass is 14.0. The van der Waals surface area contributed by atoms with E-state index in [1.165, 1.54) is 41.5 Å². The Hall–Kier alpha value is -1.82. The zero-order valence-electron chi connectivity index (χ0n) is 28.1. The average molecular weight is 503 g/mol. The molecule has 1 aromatic rings. The van der Waals surface area contributed by atoms with Gasteiger partial charge >= 0.3 is 0 Å². The lowest BCUT2D eigenvalue weighted by Crippen LogP contribution is -1.95. The van der Waals surface area contributed by atoms with E-state index in [-0.39, 0.29) is 0 Å². The molecule has 0 bridgehead atoms. The molecule has 0 aliphatic heterocycles. The van der Waals surface area contributed by atoms with Crippen LogP contribution in [0.4, 0.5) is 0 Å². The fourth-order valence-corrected chi connectivity index (χ4v) is 1.16. The van der Waals surface area contributed by atoms with E-state index in [4.69, 9.17) is 0 Å². The van der Waals surface area contributed by atoms with Crippen LogP contribution in [0.2, 0.25) is 0 Å². The Morgan fingerprint density at radius 1 is 0.806 bits per heavy atom. The summed E-state index contributed by atoms with van der Waals surface area (Å²) in [6.07, 6.45) is 10.4. The molecule has 0 atom stereocenters. The predicted molar refractivity (Wildman–Crippen MR) is 177 cm³/mol. The molecule has 0 radical (unpaired) electrons. The topological polar surface area (TPSA) is 0 Å². The van der Waals surface area contributed by atoms with Crippen LogP contribution in [0.3, 0.4) is 0 Å². The van der Waals surface area contributed by atoms with Gasteiger partial charge in [0.1, 0.15) is 0 Å². The van der Waals surface area contributed by atoms with Crippen molar-refractivity contribution in [2.45, 2.75) is 136 Å². The van der Waals surface area contributed by atoms with Crippen molar-refractivity contribution in [2.75, 3.05) is 0 Å². The molecule has 1 aromatic carbocycles. The molecule has 0 saturated heterocycles. The van der Waals surface area contributed by atoms with E-state index in [0.29, 0.717) is 0 Å². The number of benzene rings is 1. The minimum absolute atomic E-state index is 0.851. The molecule has 0 fully saturated rings. The zero-order valence-corrected chi connectivity index (χ0v) is 28.1. The Morgan fingerprint density at radius 3 is 1.31 bits per heavy atom. The van der Waals surface area contributed by atoms with Gasteiger partial charge in [-0.1, -0.05) is 155 Å². The third-order valence-corrected chi connectivity index (χ3v) is 4.77. The van der Waals surface area contributed by atoms with Crippen molar-refractivity contribution in [3.63, 3.8) is 0 Å². The highest BCUT2D eigenvalue weighted by Gasteiger charge is 1.95. The highest BCUT2D eigenvalue weighted by Crippen LogP contribution is 2.07. The van der Waals surface area contributed by atoms with Crippen molar-refractivity contribution in [1.29, 1.82) is 0 Å². The number of hydrogen-bond donors (Lipinski definition) is 0. The molecule has 0 spiro atoms. The van der Waals surface area contributed by atoms with Gasteiger partial charge in [-0.2, -0.15) is 0 Å². The van der Waals surface area contributed by atoms with E-state index in [1.54, 1.807) is 6.08 Å². The zero-order chi connectivity index (χ0) is 30.1. The maximum Gasteiger partial charge on any atom is -0.0106 e. The first kappa shape index (κ1) is 47.4. The smallest absolute Gasteiger partial charge is 0.0106 e. The Morgan fingerprint density at radius 2 is 1.17 bits per heavy atom. The standard InChI is InChI=1S/C9H12.C7H10.C6H14.C5H10.C4H10.C3H8.C2H6/c1-7-4-5-8(2)9(3)6-7;1-4-6-7(3)5-2;1-5(2)6(3)4;1-4-5(2)3;1-3-4-2;1-3-2;1-2/h4-6H,1-3H3;4-5H,1-3,6H2;5-6H,1-4H3;4H,1-3H3;3-4H2,1-2H3;3H2,1-2H3;1-2H3. The van der Waals surface area contributed by atoms with Crippen molar-refractivity contribution in [3.8, 4) is 0 Å². The van der Waals surface area contributed by atoms with Gasteiger partial charge in [0.2, 0.25) is 0 Å². The van der Waals surface area contributed by atoms with Crippen LogP contribution in [-0.4, -0.2) is 0 Å². The van der Waals surface area contributed by atoms with Crippen molar-refractivity contribution < 1.29 is 0 Å². The van der Waals surface area contributed by atoms with E-state index in [9.17, 15) is 0 Å². The highest BCUT2D eigenvalue weighted by molar-refractivity contribution is 5.28. The van der Waals surface area contributed by atoms with Gasteiger partial charge < -0.3 is 0 Å². The Balaban J connectivity index is -0.0000000765. The number of rotatable bonds is 5. The lowest BCUT2D eigenvalue weighted by Gasteiger charge is -2.05. The number of allylic oxidation sites excluding steroid dienone is 5. The first-order chi connectivity index (χ1) is 16.7. The summed E-state index contributed by atoms with van der Waals surface area (Å²) in [6.45, 7) is 44.9. The third-order valence-electron chi connectivity index (χ3n) is 4.77. The fraction of sp³-hybridized carbons (Fsp3) is 0.611. The Kier molecular flexibility index (Phi) is 53.1. The van der Waals surface area contributed by atoms with E-state index >= 15 is 0 Å². The molecular formula is C36H70. The predicted octanol–water partition coefficient (Wildman–Crippen LogP) is 13.4. The van der Waals surface area contributed by atoms with Gasteiger partial charge in [-0.15, -0.1) is 6.58 Å². The first-order valence-corrected chi connectivity index (χ1v) is 14.3. The molecule has 0 aromatic heterocycles. The Bertz CT molecular complexity index is 584. The SMILES string of the molecule is C=CCC(=C)C=C.CC.CC(C)C(C)C.CC=C(C)C.CCC.CCCC.Cc1ccc(C)c(C)c1. The summed E-state index contributed by atoms with van der Waals surface area (Å²) in [5, 5.41) is 0. The fourth-order valence-electron chi connectivity index (χ4n) is 1.16. The van der Waals surface area contributed by atoms with Gasteiger partial charge in [-0.3, -0.25) is 0 Å². The van der Waals surface area contributed by atoms with Gasteiger partial charge in [0, 0.05) is 0 Å². The van der Waals surface area contributed by atoms with Crippen molar-refractivity contribution in [3.05, 3.63) is 84.0 Å². The Labute approximate surface area is 232 Å². The minimum atomic E-state index is 0.851. The van der Waals surface area contributed by atoms with Gasteiger partial charge in [0.15, 0.2) is 0 Å². The van der Waals surface area contributed by atoms with Crippen LogP contribution < -0.4 is 0 Å². The van der Waals surface area contributed by atoms with Crippen LogP contribution in [-0.2, 0) is 0 Å². The summed E-state index contributed by atoms with van der Waals surface area (Å²) in [7, 11) is 0. The monoisotopic (exact) mass is 503 g/mol. The number of aryl methyl sites for hydroxylation is 3. The molecule has 0 nitrogen and oxygen atoms in total. The van der Waals surface area contributed by atoms with E-state index in [0.717, 1.165) is 23.8 Å². The van der Waals surface area contributed by atoms with Gasteiger partial charge in [-0.25, -0.2) is 0 Å². The maximum absolute atomic E-state index is 3.67. The van der Waals surface area contributed by atoms with Crippen LogP contribution in [0.25, 0.3) is 0 Å². The molecule has 36 heavy (non-hydrogen) atoms. The lowest BCUT2D eigenvalue weighted by atomic mass is 10.0. The van der Waals surface area contributed by atoms with Crippen molar-refractivity contribution >= 4 is 0 Å². The molecule has 0 saturated carbocycles. The second kappa shape index (κ2) is 40.4. The van der Waals surface area contributed by atoms with Crippen molar-refractivity contribution in [1.82, 2.24) is 0 Å². The van der Waals surface area contributed by atoms with Crippen LogP contribution >= 0.6 is 0 Å². The third kappa shape index (κ3) is 58.2. The normalized spacial score (nSPS) is 8.17. The summed E-state index contributed by atoms with van der Waals surface area (Å²) >= 11 is 0. The van der Waals surface area contributed by atoms with E-state index in [2.05, 4.69) is 134 Å². The van der Waals surface area contributed by atoms with Gasteiger partial charge in [-0.05, 0) is 70.9 Å². The van der Waals surface area contributed by atoms with E-state index in [1.807, 2.05) is 26.8 Å². The summed E-state index contributed by atoms with van der Waals surface area (Å²) in [5.74, 6) is 1.70. The number of hydrogen-bond acceptors (Lipinski definition) is 0. The quantitative estimate of drug-likeness (QED) is 0.277. The molecule has 0 aliphatic carbocycles. The number of unbranched alkanes of at least 4 members (excludes halogenated alkanes) is 1. The molecule has 0 heterocycles. The summed E-state index contributed by atoms with van der Waals surface area (Å²) in [4.78, 5) is 0. The van der Waals surface area contributed by atoms with E-state index < -0.39 is 0 Å². The lowest BCUT2D eigenvalue weighted by molar-refractivity contribution is 0.457. The summed E-state index contributed by atoms with van der Waals surface area (Å²) in [5.41, 5.74) is 6.51. The first-order valence-electron chi connectivity index (χ1n) is 14.3. The average Bonchev–Trinajstić information content (AvgIpc) is 2.84. The van der Waals surface area contributed by atoms with Crippen LogP contribution in [0.5, 0.6) is 0 Å². The van der Waals surface area contributed by atoms with Crippen LogP contribution in [0.15, 0.2) is 67.3 Å². The van der Waals surface area contributed by atoms with Crippen LogP contribution in [0, 0.1) is 32.6 Å². The molecule has 1 rings (SSSR count). The molecule has 0 N–H and O–H groups in total. The second-order valence-electron chi connectivity index (χ2n) is 9.50. The molecule has 0 amide bonds. The molecular weight excluding hydrogens is 432 g/mol. The van der Waals surface area contributed by atoms with Crippen molar-refractivity contribution in [2.24, 2.45) is 11.8 Å². The maximum atomic E-state index is 3.67. The summed E-state index contributed by atoms with van der Waals surface area (Å²) in [6, 6.07) is 6.50. The molecule has 214 valence electrons. The summed E-state index contributed by atoms with van der Waals surface area (Å²) < 4.78 is 0. The molecule has 0 aliphatic rings.